The van der Waals surface area contributed by atoms with E-state index in [0.717, 1.165) is 11.1 Å². The van der Waals surface area contributed by atoms with Gasteiger partial charge in [-0.1, -0.05) is 40.9 Å². The van der Waals surface area contributed by atoms with Gasteiger partial charge in [0.1, 0.15) is 4.34 Å². The highest BCUT2D eigenvalue weighted by Crippen LogP contribution is 2.39. The summed E-state index contributed by atoms with van der Waals surface area (Å²) in [7, 11) is -3.55. The normalized spacial score (nSPS) is 15.8. The number of carbonyl (C=O) groups is 1. The zero-order valence-corrected chi connectivity index (χ0v) is 20.4. The van der Waals surface area contributed by atoms with E-state index in [2.05, 4.69) is 10.3 Å². The minimum absolute atomic E-state index is 0.150. The van der Waals surface area contributed by atoms with Gasteiger partial charge in [0.05, 0.1) is 14.9 Å². The Morgan fingerprint density at radius 2 is 1.87 bits per heavy atom. The third-order valence-electron chi connectivity index (χ3n) is 5.15. The number of aryl methyl sites for hydroxylation is 1. The number of sulfonamides is 1. The van der Waals surface area contributed by atoms with Crippen LogP contribution in [-0.4, -0.2) is 36.7 Å². The Morgan fingerprint density at radius 1 is 1.19 bits per heavy atom. The van der Waals surface area contributed by atoms with Crippen molar-refractivity contribution in [2.24, 2.45) is 5.92 Å². The molecule has 0 aliphatic carbocycles. The zero-order chi connectivity index (χ0) is 22.2. The first-order valence-corrected chi connectivity index (χ1v) is 13.4. The number of thiophene rings is 1. The largest absolute Gasteiger partial charge is 0.302 e. The molecule has 0 bridgehead atoms. The topological polar surface area (TPSA) is 79.4 Å². The average molecular weight is 516 g/mol. The number of nitrogens with zero attached hydrogens (tertiary/aromatic N) is 2. The van der Waals surface area contributed by atoms with Crippen molar-refractivity contribution in [3.8, 4) is 11.3 Å². The van der Waals surface area contributed by atoms with Crippen LogP contribution < -0.4 is 5.32 Å². The lowest BCUT2D eigenvalue weighted by Crippen LogP contribution is -2.41. The molecule has 1 N–H and O–H groups in total. The van der Waals surface area contributed by atoms with Crippen molar-refractivity contribution in [3.63, 3.8) is 0 Å². The maximum absolute atomic E-state index is 12.8. The van der Waals surface area contributed by atoms with Gasteiger partial charge in [0.15, 0.2) is 5.13 Å². The molecule has 0 saturated carbocycles. The third-order valence-corrected chi connectivity index (χ3v) is 9.31. The highest BCUT2D eigenvalue weighted by Gasteiger charge is 2.32. The van der Waals surface area contributed by atoms with Crippen molar-refractivity contribution < 1.29 is 13.2 Å². The summed E-state index contributed by atoms with van der Waals surface area (Å²) in [5, 5.41) is 5.14. The summed E-state index contributed by atoms with van der Waals surface area (Å²) in [5.74, 6) is -0.418. The number of piperidine rings is 1. The van der Waals surface area contributed by atoms with Crippen LogP contribution in [0.1, 0.15) is 18.4 Å². The van der Waals surface area contributed by atoms with Crippen LogP contribution in [0.2, 0.25) is 8.67 Å². The van der Waals surface area contributed by atoms with Gasteiger partial charge < -0.3 is 5.32 Å². The predicted molar refractivity (Wildman–Crippen MR) is 127 cm³/mol. The number of amides is 1. The van der Waals surface area contributed by atoms with Gasteiger partial charge in [-0.05, 0) is 38.0 Å². The predicted octanol–water partition coefficient (Wildman–Crippen LogP) is 5.53. The monoisotopic (exact) mass is 515 g/mol. The molecule has 1 aromatic carbocycles. The Balaban J connectivity index is 1.37. The number of carbonyl (C=O) groups excluding carboxylic acids is 1. The Hall–Kier alpha value is -1.49. The fourth-order valence-electron chi connectivity index (χ4n) is 3.39. The zero-order valence-electron chi connectivity index (χ0n) is 16.5. The van der Waals surface area contributed by atoms with E-state index in [-0.39, 0.29) is 16.7 Å². The molecule has 6 nitrogen and oxygen atoms in total. The molecular weight excluding hydrogens is 497 g/mol. The van der Waals surface area contributed by atoms with Crippen LogP contribution in [0, 0.1) is 12.8 Å². The summed E-state index contributed by atoms with van der Waals surface area (Å²) in [6, 6.07) is 8.56. The summed E-state index contributed by atoms with van der Waals surface area (Å²) in [5.41, 5.74) is 2.40. The van der Waals surface area contributed by atoms with E-state index in [1.807, 2.05) is 12.3 Å². The van der Waals surface area contributed by atoms with Crippen LogP contribution in [0.4, 0.5) is 5.13 Å². The lowest BCUT2D eigenvalue weighted by Gasteiger charge is -2.30. The van der Waals surface area contributed by atoms with Crippen LogP contribution in [-0.2, 0) is 14.8 Å². The molecule has 11 heteroatoms. The number of aromatic nitrogens is 1. The average Bonchev–Trinajstić information content (AvgIpc) is 3.33. The molecule has 1 aliphatic rings. The van der Waals surface area contributed by atoms with Crippen LogP contribution in [0.25, 0.3) is 11.3 Å². The van der Waals surface area contributed by atoms with Gasteiger partial charge >= 0.3 is 0 Å². The number of nitrogens with one attached hydrogen (secondary N) is 1. The first kappa shape index (κ1) is 22.7. The molecule has 0 spiro atoms. The highest BCUT2D eigenvalue weighted by molar-refractivity contribution is 7.89. The first-order valence-electron chi connectivity index (χ1n) is 9.52. The molecule has 3 aromatic rings. The Bertz CT molecular complexity index is 1200. The van der Waals surface area contributed by atoms with Crippen LogP contribution in [0.5, 0.6) is 0 Å². The Labute approximate surface area is 198 Å². The van der Waals surface area contributed by atoms with Crippen molar-refractivity contribution >= 4 is 66.9 Å². The molecule has 164 valence electrons. The molecule has 0 radical (unpaired) electrons. The molecule has 1 amide bonds. The maximum atomic E-state index is 12.8. The van der Waals surface area contributed by atoms with E-state index >= 15 is 0 Å². The SMILES string of the molecule is Cc1ccc(S(=O)(=O)N2CCC(C(=O)Nc3nc(-c4cc(Cl)sc4Cl)cs3)CC2)cc1. The fourth-order valence-corrected chi connectivity index (χ4v) is 7.06. The first-order chi connectivity index (χ1) is 14.7. The Kier molecular flexibility index (Phi) is 6.71. The van der Waals surface area contributed by atoms with Crippen molar-refractivity contribution in [1.82, 2.24) is 9.29 Å². The van der Waals surface area contributed by atoms with Crippen molar-refractivity contribution in [3.05, 3.63) is 49.9 Å². The number of hydrogen-bond acceptors (Lipinski definition) is 6. The molecule has 1 aliphatic heterocycles. The van der Waals surface area contributed by atoms with Gasteiger partial charge in [0.25, 0.3) is 0 Å². The van der Waals surface area contributed by atoms with Crippen molar-refractivity contribution in [2.45, 2.75) is 24.7 Å². The maximum Gasteiger partial charge on any atom is 0.243 e. The molecule has 0 unspecified atom stereocenters. The minimum atomic E-state index is -3.55. The van der Waals surface area contributed by atoms with Crippen LogP contribution in [0.15, 0.2) is 40.6 Å². The van der Waals surface area contributed by atoms with E-state index in [1.165, 1.54) is 27.0 Å². The van der Waals surface area contributed by atoms with Gasteiger partial charge in [0, 0.05) is 30.0 Å². The van der Waals surface area contributed by atoms with E-state index in [4.69, 9.17) is 23.2 Å². The van der Waals surface area contributed by atoms with Gasteiger partial charge in [0.2, 0.25) is 15.9 Å². The highest BCUT2D eigenvalue weighted by atomic mass is 35.5. The molecule has 4 rings (SSSR count). The lowest BCUT2D eigenvalue weighted by molar-refractivity contribution is -0.120. The van der Waals surface area contributed by atoms with Gasteiger partial charge in [-0.25, -0.2) is 13.4 Å². The molecule has 3 heterocycles. The number of thiazole rings is 1. The summed E-state index contributed by atoms with van der Waals surface area (Å²) < 4.78 is 28.2. The smallest absolute Gasteiger partial charge is 0.243 e. The number of halogens is 2. The third kappa shape index (κ3) is 4.97. The number of hydrogen-bond donors (Lipinski definition) is 1. The quantitative estimate of drug-likeness (QED) is 0.484. The van der Waals surface area contributed by atoms with E-state index in [0.29, 0.717) is 45.4 Å². The number of rotatable bonds is 5. The van der Waals surface area contributed by atoms with Crippen molar-refractivity contribution in [1.29, 1.82) is 0 Å². The summed E-state index contributed by atoms with van der Waals surface area (Å²) >= 11 is 14.7. The van der Waals surface area contributed by atoms with E-state index in [9.17, 15) is 13.2 Å². The molecule has 1 fully saturated rings. The Morgan fingerprint density at radius 3 is 2.48 bits per heavy atom. The van der Waals surface area contributed by atoms with Crippen molar-refractivity contribution in [2.75, 3.05) is 18.4 Å². The molecule has 2 aromatic heterocycles. The lowest BCUT2D eigenvalue weighted by atomic mass is 9.97. The summed E-state index contributed by atoms with van der Waals surface area (Å²) in [4.78, 5) is 17.4. The van der Waals surface area contributed by atoms with E-state index < -0.39 is 10.0 Å². The molecular formula is C20H19Cl2N3O3S3. The van der Waals surface area contributed by atoms with Crippen LogP contribution >= 0.6 is 45.9 Å². The second-order valence-electron chi connectivity index (χ2n) is 7.26. The number of anilines is 1. The minimum Gasteiger partial charge on any atom is -0.302 e. The molecule has 1 saturated heterocycles. The van der Waals surface area contributed by atoms with Gasteiger partial charge in [-0.2, -0.15) is 4.31 Å². The molecule has 31 heavy (non-hydrogen) atoms. The second-order valence-corrected chi connectivity index (χ2v) is 12.3. The van der Waals surface area contributed by atoms with Gasteiger partial charge in [-0.15, -0.1) is 22.7 Å². The van der Waals surface area contributed by atoms with Gasteiger partial charge in [-0.3, -0.25) is 4.79 Å². The second kappa shape index (κ2) is 9.17. The fraction of sp³-hybridized carbons (Fsp3) is 0.300. The standard InChI is InChI=1S/C20H19Cl2N3O3S3/c1-12-2-4-14(5-3-12)31(27,28)25-8-6-13(7-9-25)19(26)24-20-23-16(11-29-20)15-10-17(21)30-18(15)22/h2-5,10-11,13H,6-9H2,1H3,(H,23,24,26). The van der Waals surface area contributed by atoms with Crippen LogP contribution in [0.3, 0.4) is 0 Å². The number of benzene rings is 1. The summed E-state index contributed by atoms with van der Waals surface area (Å²) in [6.45, 7) is 2.52. The molecule has 0 atom stereocenters. The summed E-state index contributed by atoms with van der Waals surface area (Å²) in [6.07, 6.45) is 0.919. The van der Waals surface area contributed by atoms with E-state index in [1.54, 1.807) is 30.3 Å².